The smallest absolute Gasteiger partial charge is 0.218 e. The van der Waals surface area contributed by atoms with Gasteiger partial charge in [-0.2, -0.15) is 4.31 Å². The number of pyridine rings is 1. The van der Waals surface area contributed by atoms with Crippen molar-refractivity contribution in [1.82, 2.24) is 9.29 Å². The molecule has 0 amide bonds. The first kappa shape index (κ1) is 16.2. The molecule has 0 N–H and O–H groups in total. The van der Waals surface area contributed by atoms with Crippen molar-refractivity contribution in [2.45, 2.75) is 18.3 Å². The molecule has 1 saturated heterocycles. The molecular weight excluding hydrogens is 336 g/mol. The second-order valence-corrected chi connectivity index (χ2v) is 7.84. The number of sulfonamides is 1. The first-order chi connectivity index (χ1) is 11.0. The van der Waals surface area contributed by atoms with Gasteiger partial charge in [0.15, 0.2) is 0 Å². The Hall–Kier alpha value is -1.63. The van der Waals surface area contributed by atoms with Crippen LogP contribution in [0.2, 0.25) is 5.02 Å². The predicted molar refractivity (Wildman–Crippen MR) is 88.9 cm³/mol. The number of ether oxygens (including phenoxy) is 1. The Balaban J connectivity index is 1.62. The number of hydrogen-bond donors (Lipinski definition) is 0. The van der Waals surface area contributed by atoms with E-state index in [2.05, 4.69) is 4.98 Å². The molecule has 5 nitrogen and oxygen atoms in total. The van der Waals surface area contributed by atoms with Gasteiger partial charge in [0, 0.05) is 23.8 Å². The second kappa shape index (κ2) is 6.86. The summed E-state index contributed by atoms with van der Waals surface area (Å²) in [5.74, 6) is 0.495. The number of rotatable bonds is 5. The first-order valence-corrected chi connectivity index (χ1v) is 9.31. The lowest BCUT2D eigenvalue weighted by atomic mass is 10.2. The van der Waals surface area contributed by atoms with Gasteiger partial charge in [0.25, 0.3) is 0 Å². The second-order valence-electron chi connectivity index (χ2n) is 5.44. The third-order valence-corrected chi connectivity index (χ3v) is 5.76. The molecule has 7 heteroatoms. The van der Waals surface area contributed by atoms with E-state index in [1.807, 2.05) is 12.1 Å². The predicted octanol–water partition coefficient (Wildman–Crippen LogP) is 2.72. The zero-order valence-corrected chi connectivity index (χ0v) is 14.0. The highest BCUT2D eigenvalue weighted by molar-refractivity contribution is 7.88. The summed E-state index contributed by atoms with van der Waals surface area (Å²) in [7, 11) is -3.36. The van der Waals surface area contributed by atoms with Gasteiger partial charge in [-0.3, -0.25) is 0 Å². The van der Waals surface area contributed by atoms with Gasteiger partial charge < -0.3 is 4.74 Å². The van der Waals surface area contributed by atoms with Crippen LogP contribution in [0.25, 0.3) is 0 Å². The average Bonchev–Trinajstić information content (AvgIpc) is 3.00. The molecule has 0 radical (unpaired) electrons. The van der Waals surface area contributed by atoms with Gasteiger partial charge in [0.1, 0.15) is 6.10 Å². The van der Waals surface area contributed by atoms with Crippen molar-refractivity contribution in [3.63, 3.8) is 0 Å². The van der Waals surface area contributed by atoms with E-state index in [1.165, 1.54) is 4.31 Å². The Bertz CT molecular complexity index is 751. The molecule has 0 bridgehead atoms. The summed E-state index contributed by atoms with van der Waals surface area (Å²) in [6.07, 6.45) is 2.15. The number of halogens is 1. The fourth-order valence-corrected chi connectivity index (χ4v) is 4.22. The maximum atomic E-state index is 12.5. The molecule has 1 aliphatic heterocycles. The molecule has 2 aromatic rings. The number of benzene rings is 1. The van der Waals surface area contributed by atoms with E-state index in [0.717, 1.165) is 5.56 Å². The summed E-state index contributed by atoms with van der Waals surface area (Å²) >= 11 is 5.82. The Morgan fingerprint density at radius 1 is 1.22 bits per heavy atom. The van der Waals surface area contributed by atoms with Crippen LogP contribution >= 0.6 is 11.6 Å². The molecule has 1 unspecified atom stereocenters. The molecule has 3 rings (SSSR count). The SMILES string of the molecule is O=S(=O)(Cc1ccc(Cl)cc1)N1CCC(Oc2ccccn2)C1. The van der Waals surface area contributed by atoms with Crippen LogP contribution in [0.3, 0.4) is 0 Å². The molecule has 0 spiro atoms. The lowest BCUT2D eigenvalue weighted by molar-refractivity contribution is 0.207. The van der Waals surface area contributed by atoms with E-state index in [-0.39, 0.29) is 11.9 Å². The van der Waals surface area contributed by atoms with E-state index in [0.29, 0.717) is 30.4 Å². The minimum Gasteiger partial charge on any atom is -0.473 e. The zero-order chi connectivity index (χ0) is 16.3. The van der Waals surface area contributed by atoms with Gasteiger partial charge in [-0.05, 0) is 30.2 Å². The highest BCUT2D eigenvalue weighted by Crippen LogP contribution is 2.21. The highest BCUT2D eigenvalue weighted by Gasteiger charge is 2.32. The molecule has 1 aromatic heterocycles. The van der Waals surface area contributed by atoms with Crippen LogP contribution in [-0.4, -0.2) is 36.9 Å². The Labute approximate surface area is 140 Å². The standard InChI is InChI=1S/C16H17ClN2O3S/c17-14-6-4-13(5-7-14)12-23(20,21)19-10-8-15(11-19)22-16-3-1-2-9-18-16/h1-7,9,15H,8,10-12H2. The Kier molecular flexibility index (Phi) is 4.84. The quantitative estimate of drug-likeness (QED) is 0.830. The molecule has 0 aliphatic carbocycles. The zero-order valence-electron chi connectivity index (χ0n) is 12.4. The lowest BCUT2D eigenvalue weighted by Crippen LogP contribution is -2.32. The monoisotopic (exact) mass is 352 g/mol. The lowest BCUT2D eigenvalue weighted by Gasteiger charge is -2.17. The summed E-state index contributed by atoms with van der Waals surface area (Å²) in [6.45, 7) is 0.819. The van der Waals surface area contributed by atoms with Gasteiger partial charge in [0.05, 0.1) is 12.3 Å². The largest absolute Gasteiger partial charge is 0.473 e. The summed E-state index contributed by atoms with van der Waals surface area (Å²) in [5.41, 5.74) is 0.725. The molecular formula is C16H17ClN2O3S. The van der Waals surface area contributed by atoms with Gasteiger partial charge in [0.2, 0.25) is 15.9 Å². The van der Waals surface area contributed by atoms with Crippen LogP contribution in [0, 0.1) is 0 Å². The Morgan fingerprint density at radius 2 is 2.00 bits per heavy atom. The van der Waals surface area contributed by atoms with Crippen molar-refractivity contribution >= 4 is 21.6 Å². The number of aromatic nitrogens is 1. The van der Waals surface area contributed by atoms with E-state index >= 15 is 0 Å². The van der Waals surface area contributed by atoms with Gasteiger partial charge >= 0.3 is 0 Å². The molecule has 122 valence electrons. The van der Waals surface area contributed by atoms with Crippen molar-refractivity contribution in [3.8, 4) is 5.88 Å². The van der Waals surface area contributed by atoms with Crippen molar-refractivity contribution < 1.29 is 13.2 Å². The fraction of sp³-hybridized carbons (Fsp3) is 0.312. The van der Waals surface area contributed by atoms with Crippen LogP contribution in [-0.2, 0) is 15.8 Å². The van der Waals surface area contributed by atoms with Crippen molar-refractivity contribution in [1.29, 1.82) is 0 Å². The minimum atomic E-state index is -3.36. The normalized spacial score (nSPS) is 18.9. The summed E-state index contributed by atoms with van der Waals surface area (Å²) < 4.78 is 32.2. The van der Waals surface area contributed by atoms with Crippen LogP contribution in [0.5, 0.6) is 5.88 Å². The third kappa shape index (κ3) is 4.22. The topological polar surface area (TPSA) is 59.5 Å². The fourth-order valence-electron chi connectivity index (χ4n) is 2.52. The summed E-state index contributed by atoms with van der Waals surface area (Å²) in [6, 6.07) is 12.3. The highest BCUT2D eigenvalue weighted by atomic mass is 35.5. The maximum Gasteiger partial charge on any atom is 0.218 e. The van der Waals surface area contributed by atoms with Crippen molar-refractivity contribution in [3.05, 3.63) is 59.2 Å². The van der Waals surface area contributed by atoms with Gasteiger partial charge in [-0.1, -0.05) is 29.8 Å². The first-order valence-electron chi connectivity index (χ1n) is 7.33. The van der Waals surface area contributed by atoms with Gasteiger partial charge in [-0.25, -0.2) is 13.4 Å². The van der Waals surface area contributed by atoms with E-state index < -0.39 is 10.0 Å². The Morgan fingerprint density at radius 3 is 2.70 bits per heavy atom. The molecule has 1 aromatic carbocycles. The van der Waals surface area contributed by atoms with Gasteiger partial charge in [-0.15, -0.1) is 0 Å². The number of nitrogens with zero attached hydrogens (tertiary/aromatic N) is 2. The van der Waals surface area contributed by atoms with Crippen LogP contribution in [0.15, 0.2) is 48.7 Å². The molecule has 23 heavy (non-hydrogen) atoms. The van der Waals surface area contributed by atoms with Crippen molar-refractivity contribution in [2.24, 2.45) is 0 Å². The van der Waals surface area contributed by atoms with Crippen LogP contribution < -0.4 is 4.74 Å². The van der Waals surface area contributed by atoms with E-state index in [9.17, 15) is 8.42 Å². The average molecular weight is 353 g/mol. The minimum absolute atomic E-state index is 0.0273. The number of hydrogen-bond acceptors (Lipinski definition) is 4. The molecule has 0 saturated carbocycles. The van der Waals surface area contributed by atoms with Crippen LogP contribution in [0.4, 0.5) is 0 Å². The maximum absolute atomic E-state index is 12.5. The molecule has 1 atom stereocenters. The third-order valence-electron chi connectivity index (χ3n) is 3.69. The molecule has 2 heterocycles. The summed E-state index contributed by atoms with van der Waals surface area (Å²) in [5, 5.41) is 0.594. The molecule has 1 fully saturated rings. The van der Waals surface area contributed by atoms with E-state index in [4.69, 9.17) is 16.3 Å². The summed E-state index contributed by atoms with van der Waals surface area (Å²) in [4.78, 5) is 4.10. The van der Waals surface area contributed by atoms with Crippen molar-refractivity contribution in [2.75, 3.05) is 13.1 Å². The molecule has 1 aliphatic rings. The van der Waals surface area contributed by atoms with E-state index in [1.54, 1.807) is 36.5 Å². The van der Waals surface area contributed by atoms with Crippen LogP contribution in [0.1, 0.15) is 12.0 Å².